The fourth-order valence-electron chi connectivity index (χ4n) is 1.56. The molecule has 0 aliphatic heterocycles. The third kappa shape index (κ3) is 4.12. The van der Waals surface area contributed by atoms with Gasteiger partial charge in [0.25, 0.3) is 0 Å². The van der Waals surface area contributed by atoms with Crippen LogP contribution in [0.4, 0.5) is 0 Å². The van der Waals surface area contributed by atoms with Crippen LogP contribution in [0.5, 0.6) is 0 Å². The zero-order valence-corrected chi connectivity index (χ0v) is 10.1. The van der Waals surface area contributed by atoms with E-state index >= 15 is 0 Å². The van der Waals surface area contributed by atoms with Crippen molar-refractivity contribution in [1.82, 2.24) is 10.3 Å². The smallest absolute Gasteiger partial charge is 0.0585 e. The van der Waals surface area contributed by atoms with E-state index in [9.17, 15) is 5.11 Å². The number of aliphatic hydroxyl groups is 1. The molecule has 4 heteroatoms. The molecule has 1 aliphatic carbocycles. The lowest BCUT2D eigenvalue weighted by Gasteiger charge is -2.15. The molecule has 1 aliphatic rings. The zero-order valence-electron chi connectivity index (χ0n) is 9.30. The number of nitrogens with one attached hydrogen (secondary N) is 1. The van der Waals surface area contributed by atoms with E-state index in [-0.39, 0.29) is 12.6 Å². The fourth-order valence-corrected chi connectivity index (χ4v) is 2.52. The van der Waals surface area contributed by atoms with Crippen molar-refractivity contribution in [3.63, 3.8) is 0 Å². The van der Waals surface area contributed by atoms with E-state index in [4.69, 9.17) is 0 Å². The van der Waals surface area contributed by atoms with Crippen molar-refractivity contribution < 1.29 is 5.11 Å². The lowest BCUT2D eigenvalue weighted by Crippen LogP contribution is -2.34. The van der Waals surface area contributed by atoms with Crippen molar-refractivity contribution in [2.45, 2.75) is 36.2 Å². The van der Waals surface area contributed by atoms with Crippen molar-refractivity contribution in [1.29, 1.82) is 0 Å². The minimum atomic E-state index is 0.243. The van der Waals surface area contributed by atoms with Crippen molar-refractivity contribution in [2.75, 3.05) is 12.4 Å². The maximum Gasteiger partial charge on any atom is 0.0585 e. The summed E-state index contributed by atoms with van der Waals surface area (Å²) in [6.07, 6.45) is 7.19. The Morgan fingerprint density at radius 3 is 2.81 bits per heavy atom. The molecule has 0 spiro atoms. The number of aromatic nitrogens is 1. The molecule has 1 fully saturated rings. The minimum Gasteiger partial charge on any atom is -0.395 e. The summed E-state index contributed by atoms with van der Waals surface area (Å²) in [6.45, 7) is 0.243. The van der Waals surface area contributed by atoms with Crippen LogP contribution >= 0.6 is 11.8 Å². The normalized spacial score (nSPS) is 17.3. The third-order valence-electron chi connectivity index (χ3n) is 2.65. The van der Waals surface area contributed by atoms with Crippen LogP contribution in [-0.2, 0) is 0 Å². The zero-order chi connectivity index (χ0) is 11.2. The molecule has 2 N–H and O–H groups in total. The summed E-state index contributed by atoms with van der Waals surface area (Å²) < 4.78 is 0. The highest BCUT2D eigenvalue weighted by Gasteiger charge is 2.23. The Morgan fingerprint density at radius 2 is 2.19 bits per heavy atom. The van der Waals surface area contributed by atoms with Gasteiger partial charge in [0.15, 0.2) is 0 Å². The first-order valence-electron chi connectivity index (χ1n) is 5.78. The number of hydrogen-bond acceptors (Lipinski definition) is 4. The SMILES string of the molecule is OCC(CCSc1ccncc1)NC1CC1. The van der Waals surface area contributed by atoms with E-state index in [1.807, 2.05) is 36.3 Å². The second-order valence-electron chi connectivity index (χ2n) is 4.14. The first-order chi connectivity index (χ1) is 7.88. The van der Waals surface area contributed by atoms with Crippen molar-refractivity contribution in [3.05, 3.63) is 24.5 Å². The van der Waals surface area contributed by atoms with Crippen LogP contribution < -0.4 is 5.32 Å². The Labute approximate surface area is 101 Å². The van der Waals surface area contributed by atoms with Crippen LogP contribution in [0.15, 0.2) is 29.4 Å². The highest BCUT2D eigenvalue weighted by Crippen LogP contribution is 2.21. The summed E-state index contributed by atoms with van der Waals surface area (Å²) in [4.78, 5) is 5.23. The van der Waals surface area contributed by atoms with Gasteiger partial charge in [-0.2, -0.15) is 0 Å². The first kappa shape index (κ1) is 11.9. The molecular weight excluding hydrogens is 220 g/mol. The summed E-state index contributed by atoms with van der Waals surface area (Å²) >= 11 is 1.82. The molecule has 0 radical (unpaired) electrons. The number of hydrogen-bond donors (Lipinski definition) is 2. The van der Waals surface area contributed by atoms with Crippen LogP contribution in [0.2, 0.25) is 0 Å². The van der Waals surface area contributed by atoms with E-state index < -0.39 is 0 Å². The van der Waals surface area contributed by atoms with Gasteiger partial charge in [-0.25, -0.2) is 0 Å². The van der Waals surface area contributed by atoms with E-state index in [1.165, 1.54) is 17.7 Å². The molecule has 1 heterocycles. The number of pyridine rings is 1. The van der Waals surface area contributed by atoms with Gasteiger partial charge in [0.2, 0.25) is 0 Å². The van der Waals surface area contributed by atoms with Gasteiger partial charge in [-0.15, -0.1) is 11.8 Å². The molecule has 0 amide bonds. The topological polar surface area (TPSA) is 45.2 Å². The Kier molecular flexibility index (Phi) is 4.63. The number of aliphatic hydroxyl groups excluding tert-OH is 1. The molecule has 16 heavy (non-hydrogen) atoms. The Bertz CT molecular complexity index is 303. The molecule has 1 saturated carbocycles. The first-order valence-corrected chi connectivity index (χ1v) is 6.77. The van der Waals surface area contributed by atoms with E-state index in [0.29, 0.717) is 6.04 Å². The average Bonchev–Trinajstić information content (AvgIpc) is 3.13. The molecule has 1 unspecified atom stereocenters. The van der Waals surface area contributed by atoms with Gasteiger partial charge in [-0.1, -0.05) is 0 Å². The van der Waals surface area contributed by atoms with Gasteiger partial charge >= 0.3 is 0 Å². The number of rotatable bonds is 7. The standard InChI is InChI=1S/C12H18N2OS/c15-9-11(14-10-1-2-10)5-8-16-12-3-6-13-7-4-12/h3-4,6-7,10-11,14-15H,1-2,5,8-9H2. The molecule has 0 bridgehead atoms. The predicted octanol–water partition coefficient (Wildman–Crippen LogP) is 1.68. The largest absolute Gasteiger partial charge is 0.395 e. The average molecular weight is 238 g/mol. The van der Waals surface area contributed by atoms with Gasteiger partial charge in [0.1, 0.15) is 0 Å². The van der Waals surface area contributed by atoms with Crippen LogP contribution in [0.1, 0.15) is 19.3 Å². The van der Waals surface area contributed by atoms with Gasteiger partial charge in [-0.3, -0.25) is 4.98 Å². The molecule has 1 atom stereocenters. The Morgan fingerprint density at radius 1 is 1.44 bits per heavy atom. The fraction of sp³-hybridized carbons (Fsp3) is 0.583. The van der Waals surface area contributed by atoms with Crippen LogP contribution in [0, 0.1) is 0 Å². The summed E-state index contributed by atoms with van der Waals surface area (Å²) in [5.74, 6) is 1.04. The van der Waals surface area contributed by atoms with Crippen LogP contribution in [-0.4, -0.2) is 34.5 Å². The lowest BCUT2D eigenvalue weighted by molar-refractivity contribution is 0.239. The van der Waals surface area contributed by atoms with E-state index in [2.05, 4.69) is 10.3 Å². The maximum atomic E-state index is 9.22. The third-order valence-corrected chi connectivity index (χ3v) is 3.70. The number of thioether (sulfide) groups is 1. The van der Waals surface area contributed by atoms with Crippen LogP contribution in [0.25, 0.3) is 0 Å². The van der Waals surface area contributed by atoms with Crippen molar-refractivity contribution in [3.8, 4) is 0 Å². The van der Waals surface area contributed by atoms with Gasteiger partial charge in [0.05, 0.1) is 6.61 Å². The molecule has 1 aromatic heterocycles. The van der Waals surface area contributed by atoms with Gasteiger partial charge in [0, 0.05) is 29.4 Å². The predicted molar refractivity (Wildman–Crippen MR) is 66.6 cm³/mol. The second-order valence-corrected chi connectivity index (χ2v) is 5.31. The second kappa shape index (κ2) is 6.23. The highest BCUT2D eigenvalue weighted by atomic mass is 32.2. The summed E-state index contributed by atoms with van der Waals surface area (Å²) in [5.41, 5.74) is 0. The van der Waals surface area contributed by atoms with Crippen molar-refractivity contribution in [2.24, 2.45) is 0 Å². The quantitative estimate of drug-likeness (QED) is 0.709. The molecule has 3 nitrogen and oxygen atoms in total. The molecule has 0 saturated heterocycles. The summed E-state index contributed by atoms with van der Waals surface area (Å²) in [6, 6.07) is 4.98. The maximum absolute atomic E-state index is 9.22. The molecule has 0 aromatic carbocycles. The Balaban J connectivity index is 1.65. The molecule has 1 aromatic rings. The minimum absolute atomic E-state index is 0.243. The Hall–Kier alpha value is -0.580. The lowest BCUT2D eigenvalue weighted by atomic mass is 10.2. The van der Waals surface area contributed by atoms with E-state index in [1.54, 1.807) is 0 Å². The highest BCUT2D eigenvalue weighted by molar-refractivity contribution is 7.99. The molecular formula is C12H18N2OS. The summed E-state index contributed by atoms with van der Waals surface area (Å²) in [5, 5.41) is 12.7. The number of nitrogens with zero attached hydrogens (tertiary/aromatic N) is 1. The summed E-state index contributed by atoms with van der Waals surface area (Å²) in [7, 11) is 0. The van der Waals surface area contributed by atoms with Crippen LogP contribution in [0.3, 0.4) is 0 Å². The monoisotopic (exact) mass is 238 g/mol. The van der Waals surface area contributed by atoms with Gasteiger partial charge < -0.3 is 10.4 Å². The van der Waals surface area contributed by atoms with Crippen molar-refractivity contribution >= 4 is 11.8 Å². The van der Waals surface area contributed by atoms with Gasteiger partial charge in [-0.05, 0) is 37.1 Å². The van der Waals surface area contributed by atoms with E-state index in [0.717, 1.165) is 12.2 Å². The molecule has 88 valence electrons. The molecule has 2 rings (SSSR count).